The second-order valence-corrected chi connectivity index (χ2v) is 5.64. The minimum atomic E-state index is -0.190. The first-order chi connectivity index (χ1) is 7.98. The summed E-state index contributed by atoms with van der Waals surface area (Å²) in [5.41, 5.74) is 2.52. The second-order valence-electron chi connectivity index (χ2n) is 5.64. The van der Waals surface area contributed by atoms with Crippen molar-refractivity contribution in [3.05, 3.63) is 34.2 Å². The minimum absolute atomic E-state index is 0.131. The van der Waals surface area contributed by atoms with Crippen LogP contribution in [-0.2, 0) is 5.41 Å². The van der Waals surface area contributed by atoms with Gasteiger partial charge >= 0.3 is 5.69 Å². The normalized spacial score (nSPS) is 26.3. The van der Waals surface area contributed by atoms with E-state index in [1.807, 2.05) is 18.2 Å². The molecule has 0 bridgehead atoms. The Labute approximate surface area is 98.7 Å². The molecule has 3 rings (SSSR count). The molecule has 1 heterocycles. The first-order valence-electron chi connectivity index (χ1n) is 5.82. The maximum absolute atomic E-state index is 11.2. The van der Waals surface area contributed by atoms with Crippen molar-refractivity contribution in [2.75, 3.05) is 6.61 Å². The lowest BCUT2D eigenvalue weighted by atomic mass is 9.88. The lowest BCUT2D eigenvalue weighted by Crippen LogP contribution is -2.19. The van der Waals surface area contributed by atoms with Gasteiger partial charge in [0.15, 0.2) is 0 Å². The Balaban J connectivity index is 2.16. The highest BCUT2D eigenvalue weighted by atomic mass is 16.3. The fourth-order valence-electron chi connectivity index (χ4n) is 2.89. The van der Waals surface area contributed by atoms with E-state index in [0.29, 0.717) is 0 Å². The molecule has 1 unspecified atom stereocenters. The Kier molecular flexibility index (Phi) is 1.88. The third kappa shape index (κ3) is 1.30. The van der Waals surface area contributed by atoms with Crippen LogP contribution in [0.1, 0.15) is 25.8 Å². The van der Waals surface area contributed by atoms with Crippen LogP contribution in [-0.4, -0.2) is 21.7 Å². The summed E-state index contributed by atoms with van der Waals surface area (Å²) in [6, 6.07) is 5.86. The van der Waals surface area contributed by atoms with Gasteiger partial charge in [-0.15, -0.1) is 0 Å². The van der Waals surface area contributed by atoms with Gasteiger partial charge in [0.1, 0.15) is 0 Å². The van der Waals surface area contributed by atoms with Gasteiger partial charge in [-0.1, -0.05) is 19.9 Å². The van der Waals surface area contributed by atoms with Crippen molar-refractivity contribution in [3.63, 3.8) is 0 Å². The highest BCUT2D eigenvalue weighted by molar-refractivity contribution is 5.75. The number of nitrogens with one attached hydrogen (secondary N) is 2. The lowest BCUT2D eigenvalue weighted by Gasteiger charge is -2.18. The van der Waals surface area contributed by atoms with Gasteiger partial charge in [-0.3, -0.25) is 0 Å². The molecule has 90 valence electrons. The Hall–Kier alpha value is -1.55. The molecule has 1 aliphatic rings. The molecule has 0 spiro atoms. The quantitative estimate of drug-likeness (QED) is 0.734. The number of aliphatic hydroxyl groups is 1. The van der Waals surface area contributed by atoms with Crippen molar-refractivity contribution < 1.29 is 5.11 Å². The van der Waals surface area contributed by atoms with Crippen LogP contribution < -0.4 is 5.69 Å². The molecular formula is C13H16N2O2. The SMILES string of the molecule is CC1(C)CC1(CO)c1ccc2[nH]c(=O)[nH]c2c1. The number of aromatic nitrogens is 2. The van der Waals surface area contributed by atoms with Crippen LogP contribution in [0.15, 0.2) is 23.0 Å². The van der Waals surface area contributed by atoms with E-state index < -0.39 is 0 Å². The van der Waals surface area contributed by atoms with Gasteiger partial charge in [-0.2, -0.15) is 0 Å². The van der Waals surface area contributed by atoms with E-state index in [1.165, 1.54) is 0 Å². The van der Waals surface area contributed by atoms with Gasteiger partial charge in [-0.25, -0.2) is 4.79 Å². The molecule has 1 aliphatic carbocycles. The smallest absolute Gasteiger partial charge is 0.323 e. The molecular weight excluding hydrogens is 216 g/mol. The number of hydrogen-bond acceptors (Lipinski definition) is 2. The summed E-state index contributed by atoms with van der Waals surface area (Å²) in [5.74, 6) is 0. The predicted octanol–water partition coefficient (Wildman–Crippen LogP) is 1.52. The summed E-state index contributed by atoms with van der Waals surface area (Å²) < 4.78 is 0. The van der Waals surface area contributed by atoms with Gasteiger partial charge in [-0.05, 0) is 29.5 Å². The topological polar surface area (TPSA) is 68.9 Å². The van der Waals surface area contributed by atoms with Gasteiger partial charge in [0, 0.05) is 5.41 Å². The largest absolute Gasteiger partial charge is 0.395 e. The average Bonchev–Trinajstić information content (AvgIpc) is 2.65. The zero-order valence-corrected chi connectivity index (χ0v) is 10.0. The summed E-state index contributed by atoms with van der Waals surface area (Å²) in [7, 11) is 0. The van der Waals surface area contributed by atoms with E-state index >= 15 is 0 Å². The molecule has 4 nitrogen and oxygen atoms in total. The first-order valence-corrected chi connectivity index (χ1v) is 5.82. The standard InChI is InChI=1S/C13H16N2O2/c1-12(2)6-13(12,7-16)8-3-4-9-10(5-8)15-11(17)14-9/h3-5,16H,6-7H2,1-2H3,(H2,14,15,17). The number of hydrogen-bond donors (Lipinski definition) is 3. The van der Waals surface area contributed by atoms with Crippen molar-refractivity contribution in [2.24, 2.45) is 5.41 Å². The number of aliphatic hydroxyl groups excluding tert-OH is 1. The van der Waals surface area contributed by atoms with Gasteiger partial charge < -0.3 is 15.1 Å². The summed E-state index contributed by atoms with van der Waals surface area (Å²) in [4.78, 5) is 16.7. The number of aromatic amines is 2. The highest BCUT2D eigenvalue weighted by Gasteiger charge is 2.61. The first kappa shape index (κ1) is 10.6. The summed E-state index contributed by atoms with van der Waals surface area (Å²) in [6.07, 6.45) is 0.983. The Morgan fingerprint density at radius 1 is 1.29 bits per heavy atom. The molecule has 2 aromatic rings. The maximum atomic E-state index is 11.2. The van der Waals surface area contributed by atoms with Crippen LogP contribution in [0, 0.1) is 5.41 Å². The van der Waals surface area contributed by atoms with E-state index in [-0.39, 0.29) is 23.1 Å². The summed E-state index contributed by atoms with van der Waals surface area (Å²) >= 11 is 0. The number of H-pyrrole nitrogens is 2. The van der Waals surface area contributed by atoms with Crippen LogP contribution in [0.3, 0.4) is 0 Å². The number of rotatable bonds is 2. The van der Waals surface area contributed by atoms with Gasteiger partial charge in [0.25, 0.3) is 0 Å². The maximum Gasteiger partial charge on any atom is 0.323 e. The molecule has 1 fully saturated rings. The third-order valence-electron chi connectivity index (χ3n) is 4.25. The summed E-state index contributed by atoms with van der Waals surface area (Å²) in [6.45, 7) is 4.47. The molecule has 1 saturated carbocycles. The second kappa shape index (κ2) is 3.01. The number of imidazole rings is 1. The average molecular weight is 232 g/mol. The van der Waals surface area contributed by atoms with Crippen molar-refractivity contribution >= 4 is 11.0 Å². The van der Waals surface area contributed by atoms with Crippen LogP contribution in [0.25, 0.3) is 11.0 Å². The zero-order valence-electron chi connectivity index (χ0n) is 10.0. The van der Waals surface area contributed by atoms with E-state index in [9.17, 15) is 9.90 Å². The Morgan fingerprint density at radius 2 is 1.94 bits per heavy atom. The minimum Gasteiger partial charge on any atom is -0.395 e. The van der Waals surface area contributed by atoms with E-state index in [4.69, 9.17) is 0 Å². The van der Waals surface area contributed by atoms with Crippen molar-refractivity contribution in [1.82, 2.24) is 9.97 Å². The number of fused-ring (bicyclic) bond motifs is 1. The van der Waals surface area contributed by atoms with Gasteiger partial charge in [0.05, 0.1) is 17.6 Å². The molecule has 1 atom stereocenters. The monoisotopic (exact) mass is 232 g/mol. The van der Waals surface area contributed by atoms with E-state index in [2.05, 4.69) is 23.8 Å². The molecule has 17 heavy (non-hydrogen) atoms. The molecule has 0 saturated heterocycles. The summed E-state index contributed by atoms with van der Waals surface area (Å²) in [5, 5.41) is 9.64. The van der Waals surface area contributed by atoms with E-state index in [0.717, 1.165) is 23.0 Å². The van der Waals surface area contributed by atoms with Crippen LogP contribution >= 0.6 is 0 Å². The Bertz CT molecular complexity index is 638. The molecule has 0 aliphatic heterocycles. The molecule has 3 N–H and O–H groups in total. The zero-order chi connectivity index (χ0) is 12.3. The number of benzene rings is 1. The van der Waals surface area contributed by atoms with Gasteiger partial charge in [0.2, 0.25) is 0 Å². The lowest BCUT2D eigenvalue weighted by molar-refractivity contribution is 0.231. The molecule has 0 radical (unpaired) electrons. The van der Waals surface area contributed by atoms with Crippen molar-refractivity contribution in [3.8, 4) is 0 Å². The van der Waals surface area contributed by atoms with Crippen LogP contribution in [0.4, 0.5) is 0 Å². The van der Waals surface area contributed by atoms with Crippen molar-refractivity contribution in [2.45, 2.75) is 25.7 Å². The van der Waals surface area contributed by atoms with Crippen LogP contribution in [0.5, 0.6) is 0 Å². The molecule has 1 aromatic heterocycles. The molecule has 4 heteroatoms. The molecule has 0 amide bonds. The Morgan fingerprint density at radius 3 is 2.53 bits per heavy atom. The van der Waals surface area contributed by atoms with E-state index in [1.54, 1.807) is 0 Å². The fraction of sp³-hybridized carbons (Fsp3) is 0.462. The molecule has 1 aromatic carbocycles. The third-order valence-corrected chi connectivity index (χ3v) is 4.25. The highest BCUT2D eigenvalue weighted by Crippen LogP contribution is 2.64. The predicted molar refractivity (Wildman–Crippen MR) is 66.1 cm³/mol. The van der Waals surface area contributed by atoms with Crippen molar-refractivity contribution in [1.29, 1.82) is 0 Å². The van der Waals surface area contributed by atoms with Crippen LogP contribution in [0.2, 0.25) is 0 Å². The fourth-order valence-corrected chi connectivity index (χ4v) is 2.89.